The van der Waals surface area contributed by atoms with Crippen LogP contribution in [0.15, 0.2) is 10.9 Å². The van der Waals surface area contributed by atoms with Gasteiger partial charge in [-0.15, -0.1) is 0 Å². The first-order valence-corrected chi connectivity index (χ1v) is 6.56. The number of benzene rings is 1. The maximum atomic E-state index is 14.2. The lowest BCUT2D eigenvalue weighted by Crippen LogP contribution is -2.25. The minimum Gasteiger partial charge on any atom is -0.478 e. The van der Waals surface area contributed by atoms with Gasteiger partial charge in [-0.05, 0) is 6.07 Å². The molecule has 0 amide bonds. The number of carboxylic acid groups (broad SMARTS) is 2. The normalized spacial score (nSPS) is 11.5. The molecule has 27 heavy (non-hydrogen) atoms. The molecule has 1 aromatic heterocycles. The van der Waals surface area contributed by atoms with E-state index >= 15 is 0 Å². The largest absolute Gasteiger partial charge is 0.478 e. The fourth-order valence-electron chi connectivity index (χ4n) is 2.36. The molecular weight excluding hydrogens is 390 g/mol. The number of anilines is 1. The molecule has 0 bridgehead atoms. The molecule has 144 valence electrons. The zero-order valence-corrected chi connectivity index (χ0v) is 12.5. The van der Waals surface area contributed by atoms with Crippen molar-refractivity contribution in [3.63, 3.8) is 0 Å². The number of carbonyl (C=O) groups is 2. The van der Waals surface area contributed by atoms with Crippen LogP contribution in [-0.2, 0) is 6.18 Å². The molecule has 0 saturated heterocycles. The lowest BCUT2D eigenvalue weighted by Gasteiger charge is -2.18. The van der Waals surface area contributed by atoms with Crippen LogP contribution in [0.5, 0.6) is 0 Å². The molecule has 2 rings (SSSR count). The summed E-state index contributed by atoms with van der Waals surface area (Å²) < 4.78 is 80.8. The second-order valence-electron chi connectivity index (χ2n) is 5.01. The Bertz CT molecular complexity index is 1040. The van der Waals surface area contributed by atoms with Crippen LogP contribution in [0.2, 0.25) is 0 Å². The van der Waals surface area contributed by atoms with E-state index in [4.69, 9.17) is 15.9 Å². The zero-order valence-electron chi connectivity index (χ0n) is 12.5. The minimum absolute atomic E-state index is 0.498. The van der Waals surface area contributed by atoms with Crippen LogP contribution in [0.3, 0.4) is 0 Å². The Balaban J connectivity index is 3.26. The monoisotopic (exact) mass is 396 g/mol. The lowest BCUT2D eigenvalue weighted by atomic mass is 9.91. The Morgan fingerprint density at radius 1 is 0.963 bits per heavy atom. The van der Waals surface area contributed by atoms with Crippen LogP contribution in [0, 0.1) is 17.5 Å². The Hall–Kier alpha value is -3.51. The summed E-state index contributed by atoms with van der Waals surface area (Å²) in [6.07, 6.45) is -5.58. The van der Waals surface area contributed by atoms with Crippen molar-refractivity contribution in [1.82, 2.24) is 4.98 Å². The lowest BCUT2D eigenvalue weighted by molar-refractivity contribution is -0.137. The highest BCUT2D eigenvalue weighted by Crippen LogP contribution is 2.42. The molecule has 0 atom stereocenters. The SMILES string of the molecule is Nc1[nH]c(=O)c(C(=O)O)c(-c2c(C(F)(F)F)cc(F)c(F)c2F)c1C(=O)O. The van der Waals surface area contributed by atoms with E-state index in [-0.39, 0.29) is 0 Å². The van der Waals surface area contributed by atoms with E-state index in [1.165, 1.54) is 0 Å². The van der Waals surface area contributed by atoms with Gasteiger partial charge in [-0.1, -0.05) is 0 Å². The van der Waals surface area contributed by atoms with E-state index < -0.39 is 80.8 Å². The third-order valence-electron chi connectivity index (χ3n) is 3.39. The molecule has 7 nitrogen and oxygen atoms in total. The minimum atomic E-state index is -5.58. The molecule has 0 spiro atoms. The maximum Gasteiger partial charge on any atom is 0.417 e. The summed E-state index contributed by atoms with van der Waals surface area (Å²) in [5.74, 6) is -12.8. The van der Waals surface area contributed by atoms with Gasteiger partial charge in [0.1, 0.15) is 16.9 Å². The number of rotatable bonds is 3. The van der Waals surface area contributed by atoms with Crippen LogP contribution in [0.25, 0.3) is 11.1 Å². The van der Waals surface area contributed by atoms with E-state index in [1.807, 2.05) is 0 Å². The Morgan fingerprint density at radius 2 is 1.48 bits per heavy atom. The number of carboxylic acids is 2. The fourth-order valence-corrected chi connectivity index (χ4v) is 2.36. The molecule has 13 heteroatoms. The van der Waals surface area contributed by atoms with E-state index in [1.54, 1.807) is 4.98 Å². The number of nitrogens with two attached hydrogens (primary N) is 1. The summed E-state index contributed by atoms with van der Waals surface area (Å²) in [7, 11) is 0. The van der Waals surface area contributed by atoms with Gasteiger partial charge < -0.3 is 20.9 Å². The summed E-state index contributed by atoms with van der Waals surface area (Å²) in [4.78, 5) is 36.0. The van der Waals surface area contributed by atoms with Crippen LogP contribution < -0.4 is 11.3 Å². The smallest absolute Gasteiger partial charge is 0.417 e. The van der Waals surface area contributed by atoms with Crippen molar-refractivity contribution in [3.05, 3.63) is 50.6 Å². The molecular formula is C14H6F6N2O5. The summed E-state index contributed by atoms with van der Waals surface area (Å²) in [6.45, 7) is 0. The maximum absolute atomic E-state index is 14.2. The van der Waals surface area contributed by atoms with Crippen molar-refractivity contribution < 1.29 is 46.1 Å². The topological polar surface area (TPSA) is 133 Å². The number of nitrogens with one attached hydrogen (secondary N) is 1. The van der Waals surface area contributed by atoms with Gasteiger partial charge in [-0.3, -0.25) is 4.79 Å². The average Bonchev–Trinajstić information content (AvgIpc) is 2.49. The number of pyridine rings is 1. The van der Waals surface area contributed by atoms with Crippen molar-refractivity contribution in [2.75, 3.05) is 5.73 Å². The molecule has 0 radical (unpaired) electrons. The highest BCUT2D eigenvalue weighted by Gasteiger charge is 2.41. The Morgan fingerprint density at radius 3 is 1.93 bits per heavy atom. The fraction of sp³-hybridized carbons (Fsp3) is 0.0714. The molecule has 1 heterocycles. The number of aromatic nitrogens is 1. The first-order chi connectivity index (χ1) is 12.3. The molecule has 1 aromatic carbocycles. The summed E-state index contributed by atoms with van der Waals surface area (Å²) in [6, 6.07) is -0.498. The van der Waals surface area contributed by atoms with Gasteiger partial charge in [0.15, 0.2) is 17.5 Å². The number of aromatic carboxylic acids is 2. The van der Waals surface area contributed by atoms with Crippen molar-refractivity contribution in [2.45, 2.75) is 6.18 Å². The Labute approximate surface area is 143 Å². The van der Waals surface area contributed by atoms with Gasteiger partial charge >= 0.3 is 18.1 Å². The second-order valence-corrected chi connectivity index (χ2v) is 5.01. The molecule has 2 aromatic rings. The molecule has 0 aliphatic carbocycles. The molecule has 0 unspecified atom stereocenters. The van der Waals surface area contributed by atoms with Crippen molar-refractivity contribution in [2.24, 2.45) is 0 Å². The molecule has 0 aliphatic rings. The number of nitrogen functional groups attached to an aromatic ring is 1. The summed E-state index contributed by atoms with van der Waals surface area (Å²) in [5, 5.41) is 18.2. The first-order valence-electron chi connectivity index (χ1n) is 6.56. The van der Waals surface area contributed by atoms with Gasteiger partial charge in [0.25, 0.3) is 5.56 Å². The van der Waals surface area contributed by atoms with Gasteiger partial charge in [0.2, 0.25) is 0 Å². The molecule has 0 aliphatic heterocycles. The summed E-state index contributed by atoms with van der Waals surface area (Å²) >= 11 is 0. The molecule has 5 N–H and O–H groups in total. The molecule has 0 saturated carbocycles. The van der Waals surface area contributed by atoms with Crippen molar-refractivity contribution >= 4 is 17.8 Å². The second kappa shape index (κ2) is 6.34. The Kier molecular flexibility index (Phi) is 4.65. The summed E-state index contributed by atoms with van der Waals surface area (Å²) in [5.41, 5.74) is -5.45. The predicted octanol–water partition coefficient (Wildman–Crippen LogP) is 2.46. The third kappa shape index (κ3) is 3.18. The van der Waals surface area contributed by atoms with Gasteiger partial charge in [-0.2, -0.15) is 13.2 Å². The predicted molar refractivity (Wildman–Crippen MR) is 75.7 cm³/mol. The quantitative estimate of drug-likeness (QED) is 0.465. The third-order valence-corrected chi connectivity index (χ3v) is 3.39. The van der Waals surface area contributed by atoms with Gasteiger partial charge in [0, 0.05) is 11.1 Å². The number of alkyl halides is 3. The van der Waals surface area contributed by atoms with E-state index in [9.17, 15) is 40.7 Å². The average molecular weight is 396 g/mol. The van der Waals surface area contributed by atoms with Crippen LogP contribution in [-0.4, -0.2) is 27.1 Å². The van der Waals surface area contributed by atoms with Gasteiger partial charge in [-0.25, -0.2) is 22.8 Å². The number of H-pyrrole nitrogens is 1. The highest BCUT2D eigenvalue weighted by atomic mass is 19.4. The number of hydrogen-bond acceptors (Lipinski definition) is 4. The van der Waals surface area contributed by atoms with E-state index in [0.717, 1.165) is 0 Å². The van der Waals surface area contributed by atoms with Gasteiger partial charge in [0.05, 0.1) is 5.56 Å². The van der Waals surface area contributed by atoms with Crippen molar-refractivity contribution in [3.8, 4) is 11.1 Å². The van der Waals surface area contributed by atoms with E-state index in [2.05, 4.69) is 0 Å². The first kappa shape index (κ1) is 19.8. The zero-order chi connectivity index (χ0) is 20.8. The molecule has 0 fully saturated rings. The van der Waals surface area contributed by atoms with Crippen molar-refractivity contribution in [1.29, 1.82) is 0 Å². The number of halogens is 6. The standard InChI is InChI=1S/C14H6F6N2O5/c15-3-1-2(14(18,19)20)4(9(17)8(3)16)5-6(12(24)25)10(21)22-11(23)7(5)13(26)27/h1H,(H,24,25)(H,26,27)(H3,21,22,23). The van der Waals surface area contributed by atoms with E-state index in [0.29, 0.717) is 0 Å². The van der Waals surface area contributed by atoms with Crippen LogP contribution >= 0.6 is 0 Å². The van der Waals surface area contributed by atoms with Crippen LogP contribution in [0.4, 0.5) is 32.2 Å². The number of aromatic amines is 1. The number of hydrogen-bond donors (Lipinski definition) is 4. The highest BCUT2D eigenvalue weighted by molar-refractivity contribution is 6.07. The van der Waals surface area contributed by atoms with Crippen LogP contribution in [0.1, 0.15) is 26.3 Å².